The van der Waals surface area contributed by atoms with Crippen LogP contribution in [0.25, 0.3) is 0 Å². The van der Waals surface area contributed by atoms with Gasteiger partial charge in [-0.1, -0.05) is 23.8 Å². The van der Waals surface area contributed by atoms with E-state index in [1.807, 2.05) is 24.3 Å². The Morgan fingerprint density at radius 1 is 1.32 bits per heavy atom. The summed E-state index contributed by atoms with van der Waals surface area (Å²) in [4.78, 5) is 11.8. The van der Waals surface area contributed by atoms with Gasteiger partial charge in [0.05, 0.1) is 6.42 Å². The van der Waals surface area contributed by atoms with Crippen LogP contribution >= 0.6 is 0 Å². The molecule has 0 bridgehead atoms. The van der Waals surface area contributed by atoms with Gasteiger partial charge in [-0.05, 0) is 49.8 Å². The van der Waals surface area contributed by atoms with E-state index in [4.69, 9.17) is 5.73 Å². The monoisotopic (exact) mass is 258 g/mol. The van der Waals surface area contributed by atoms with Gasteiger partial charge < -0.3 is 11.1 Å². The minimum atomic E-state index is 0.0713. The highest BCUT2D eigenvalue weighted by Crippen LogP contribution is 2.19. The van der Waals surface area contributed by atoms with Crippen LogP contribution in [0.15, 0.2) is 35.9 Å². The smallest absolute Gasteiger partial charge is 0.224 e. The van der Waals surface area contributed by atoms with E-state index in [1.165, 1.54) is 31.3 Å². The second kappa shape index (κ2) is 6.98. The molecule has 1 amide bonds. The average Bonchev–Trinajstić information content (AvgIpc) is 2.40. The van der Waals surface area contributed by atoms with Gasteiger partial charge in [-0.3, -0.25) is 4.79 Å². The lowest BCUT2D eigenvalue weighted by molar-refractivity contribution is -0.120. The SMILES string of the molecule is Nc1cccc(CC(=O)NCCC2=CCCCC2)c1. The van der Waals surface area contributed by atoms with E-state index >= 15 is 0 Å². The molecule has 0 radical (unpaired) electrons. The van der Waals surface area contributed by atoms with E-state index < -0.39 is 0 Å². The molecule has 3 nitrogen and oxygen atoms in total. The molecule has 0 saturated heterocycles. The summed E-state index contributed by atoms with van der Waals surface area (Å²) in [6.07, 6.45) is 8.73. The number of carbonyl (C=O) groups is 1. The van der Waals surface area contributed by atoms with Crippen molar-refractivity contribution >= 4 is 11.6 Å². The standard InChI is InChI=1S/C16H22N2O/c17-15-8-4-7-14(11-15)12-16(19)18-10-9-13-5-2-1-3-6-13/h4-5,7-8,11H,1-3,6,9-10,12,17H2,(H,18,19). The number of hydrogen-bond donors (Lipinski definition) is 2. The Hall–Kier alpha value is -1.77. The molecule has 0 heterocycles. The number of rotatable bonds is 5. The summed E-state index contributed by atoms with van der Waals surface area (Å²) < 4.78 is 0. The molecule has 0 aliphatic heterocycles. The minimum absolute atomic E-state index is 0.0713. The number of benzene rings is 1. The van der Waals surface area contributed by atoms with Crippen LogP contribution < -0.4 is 11.1 Å². The second-order valence-corrected chi connectivity index (χ2v) is 5.13. The Bertz CT molecular complexity index is 466. The number of nitrogens with two attached hydrogens (primary N) is 1. The maximum absolute atomic E-state index is 11.8. The van der Waals surface area contributed by atoms with Crippen molar-refractivity contribution in [1.29, 1.82) is 0 Å². The Balaban J connectivity index is 1.71. The molecule has 0 saturated carbocycles. The molecule has 19 heavy (non-hydrogen) atoms. The number of allylic oxidation sites excluding steroid dienone is 1. The van der Waals surface area contributed by atoms with Crippen LogP contribution in [-0.2, 0) is 11.2 Å². The van der Waals surface area contributed by atoms with Gasteiger partial charge in [-0.2, -0.15) is 0 Å². The predicted octanol–water partition coefficient (Wildman–Crippen LogP) is 2.82. The molecule has 0 aromatic heterocycles. The third-order valence-corrected chi connectivity index (χ3v) is 3.47. The van der Waals surface area contributed by atoms with E-state index in [9.17, 15) is 4.79 Å². The molecule has 3 heteroatoms. The molecular formula is C16H22N2O. The molecule has 1 aromatic carbocycles. The van der Waals surface area contributed by atoms with E-state index in [0.29, 0.717) is 12.1 Å². The van der Waals surface area contributed by atoms with Gasteiger partial charge >= 0.3 is 0 Å². The van der Waals surface area contributed by atoms with E-state index in [2.05, 4.69) is 11.4 Å². The first kappa shape index (κ1) is 13.7. The molecule has 2 rings (SSSR count). The Kier molecular flexibility index (Phi) is 5.01. The van der Waals surface area contributed by atoms with Gasteiger partial charge in [0.2, 0.25) is 5.91 Å². The largest absolute Gasteiger partial charge is 0.399 e. The first-order chi connectivity index (χ1) is 9.24. The van der Waals surface area contributed by atoms with E-state index in [0.717, 1.165) is 18.5 Å². The van der Waals surface area contributed by atoms with Crippen LogP contribution in [0.1, 0.15) is 37.7 Å². The molecule has 0 atom stereocenters. The fourth-order valence-electron chi connectivity index (χ4n) is 2.45. The van der Waals surface area contributed by atoms with Crippen LogP contribution in [0.4, 0.5) is 5.69 Å². The molecule has 3 N–H and O–H groups in total. The van der Waals surface area contributed by atoms with Crippen molar-refractivity contribution in [3.8, 4) is 0 Å². The van der Waals surface area contributed by atoms with Crippen molar-refractivity contribution in [3.05, 3.63) is 41.5 Å². The molecule has 0 unspecified atom stereocenters. The second-order valence-electron chi connectivity index (χ2n) is 5.13. The normalized spacial score (nSPS) is 14.8. The third kappa shape index (κ3) is 4.78. The maximum Gasteiger partial charge on any atom is 0.224 e. The zero-order chi connectivity index (χ0) is 13.5. The summed E-state index contributed by atoms with van der Waals surface area (Å²) in [6.45, 7) is 0.743. The summed E-state index contributed by atoms with van der Waals surface area (Å²) in [5.74, 6) is 0.0713. The van der Waals surface area contributed by atoms with Gasteiger partial charge in [0, 0.05) is 12.2 Å². The number of anilines is 1. The van der Waals surface area contributed by atoms with E-state index in [-0.39, 0.29) is 5.91 Å². The fraction of sp³-hybridized carbons (Fsp3) is 0.438. The molecule has 1 aliphatic carbocycles. The predicted molar refractivity (Wildman–Crippen MR) is 78.7 cm³/mol. The summed E-state index contributed by atoms with van der Waals surface area (Å²) in [5, 5.41) is 2.98. The number of nitrogens with one attached hydrogen (secondary N) is 1. The van der Waals surface area contributed by atoms with Gasteiger partial charge in [0.25, 0.3) is 0 Å². The van der Waals surface area contributed by atoms with Gasteiger partial charge in [0.15, 0.2) is 0 Å². The molecule has 0 spiro atoms. The van der Waals surface area contributed by atoms with Crippen LogP contribution in [0.3, 0.4) is 0 Å². The highest BCUT2D eigenvalue weighted by atomic mass is 16.1. The number of hydrogen-bond acceptors (Lipinski definition) is 2. The van der Waals surface area contributed by atoms with Crippen molar-refractivity contribution < 1.29 is 4.79 Å². The first-order valence-corrected chi connectivity index (χ1v) is 7.03. The summed E-state index contributed by atoms with van der Waals surface area (Å²) in [6, 6.07) is 7.49. The highest BCUT2D eigenvalue weighted by molar-refractivity contribution is 5.78. The van der Waals surface area contributed by atoms with Gasteiger partial charge in [-0.15, -0.1) is 0 Å². The lowest BCUT2D eigenvalue weighted by Crippen LogP contribution is -2.26. The van der Waals surface area contributed by atoms with Crippen LogP contribution in [0, 0.1) is 0 Å². The van der Waals surface area contributed by atoms with Gasteiger partial charge in [0.1, 0.15) is 0 Å². The highest BCUT2D eigenvalue weighted by Gasteiger charge is 2.06. The Morgan fingerprint density at radius 3 is 2.95 bits per heavy atom. The molecule has 0 fully saturated rings. The topological polar surface area (TPSA) is 55.1 Å². The van der Waals surface area contributed by atoms with E-state index in [1.54, 1.807) is 0 Å². The average molecular weight is 258 g/mol. The Morgan fingerprint density at radius 2 is 2.21 bits per heavy atom. The van der Waals surface area contributed by atoms with Crippen molar-refractivity contribution in [3.63, 3.8) is 0 Å². The molecule has 1 aliphatic rings. The third-order valence-electron chi connectivity index (χ3n) is 3.47. The maximum atomic E-state index is 11.8. The lowest BCUT2D eigenvalue weighted by atomic mass is 9.97. The van der Waals surface area contributed by atoms with Gasteiger partial charge in [-0.25, -0.2) is 0 Å². The van der Waals surface area contributed by atoms with Crippen molar-refractivity contribution in [1.82, 2.24) is 5.32 Å². The van der Waals surface area contributed by atoms with Crippen LogP contribution in [0.2, 0.25) is 0 Å². The first-order valence-electron chi connectivity index (χ1n) is 7.03. The van der Waals surface area contributed by atoms with Crippen molar-refractivity contribution in [2.45, 2.75) is 38.5 Å². The fourth-order valence-corrected chi connectivity index (χ4v) is 2.45. The van der Waals surface area contributed by atoms with Crippen LogP contribution in [0.5, 0.6) is 0 Å². The zero-order valence-electron chi connectivity index (χ0n) is 11.3. The summed E-state index contributed by atoms with van der Waals surface area (Å²) in [5.41, 5.74) is 8.86. The van der Waals surface area contributed by atoms with Crippen molar-refractivity contribution in [2.24, 2.45) is 0 Å². The molecular weight excluding hydrogens is 236 g/mol. The molecule has 1 aromatic rings. The molecule has 102 valence electrons. The van der Waals surface area contributed by atoms with Crippen LogP contribution in [-0.4, -0.2) is 12.5 Å². The minimum Gasteiger partial charge on any atom is -0.399 e. The number of amides is 1. The zero-order valence-corrected chi connectivity index (χ0v) is 11.3. The Labute approximate surface area is 114 Å². The van der Waals surface area contributed by atoms with Crippen molar-refractivity contribution in [2.75, 3.05) is 12.3 Å². The lowest BCUT2D eigenvalue weighted by Gasteiger charge is -2.13. The number of carbonyl (C=O) groups excluding carboxylic acids is 1. The quantitative estimate of drug-likeness (QED) is 0.630. The summed E-state index contributed by atoms with van der Waals surface area (Å²) >= 11 is 0. The number of nitrogen functional groups attached to an aromatic ring is 1. The summed E-state index contributed by atoms with van der Waals surface area (Å²) in [7, 11) is 0.